The maximum atomic E-state index is 10.7. The molecule has 0 aliphatic heterocycles. The van der Waals surface area contributed by atoms with E-state index in [-0.39, 0.29) is 62.5 Å². The molecule has 0 heterocycles. The molecule has 0 amide bonds. The molecule has 0 bridgehead atoms. The summed E-state index contributed by atoms with van der Waals surface area (Å²) >= 11 is 6.19. The molecule has 4 nitrogen and oxygen atoms in total. The van der Waals surface area contributed by atoms with Crippen molar-refractivity contribution in [3.63, 3.8) is 0 Å². The number of rotatable bonds is 2. The Kier molecular flexibility index (Phi) is 6.81. The average Bonchev–Trinajstić information content (AvgIpc) is 2.08. The van der Waals surface area contributed by atoms with Gasteiger partial charge in [-0.05, 0) is 44.0 Å². The molecule has 2 N–H and O–H groups in total. The Morgan fingerprint density at radius 3 is 1.40 bits per heavy atom. The molecule has 0 saturated heterocycles. The van der Waals surface area contributed by atoms with Crippen molar-refractivity contribution in [2.75, 3.05) is 0 Å². The van der Waals surface area contributed by atoms with Crippen LogP contribution in [0.5, 0.6) is 0 Å². The second-order valence-corrected chi connectivity index (χ2v) is 4.13. The van der Waals surface area contributed by atoms with Crippen LogP contribution in [0, 0.1) is 0 Å². The van der Waals surface area contributed by atoms with E-state index in [2.05, 4.69) is 31.9 Å². The van der Waals surface area contributed by atoms with Gasteiger partial charge in [-0.3, -0.25) is 0 Å². The van der Waals surface area contributed by atoms with E-state index in [1.807, 2.05) is 0 Å². The van der Waals surface area contributed by atoms with Crippen LogP contribution in [0.4, 0.5) is 0 Å². The van der Waals surface area contributed by atoms with Crippen LogP contribution in [-0.4, -0.2) is 73.5 Å². The zero-order valence-electron chi connectivity index (χ0n) is 6.62. The predicted octanol–water partition coefficient (Wildman–Crippen LogP) is 1.96. The summed E-state index contributed by atoms with van der Waals surface area (Å²) in [7, 11) is 0. The van der Waals surface area contributed by atoms with Gasteiger partial charge in [-0.25, -0.2) is 9.59 Å². The van der Waals surface area contributed by atoms with Crippen LogP contribution in [0.15, 0.2) is 21.1 Å². The summed E-state index contributed by atoms with van der Waals surface area (Å²) in [6.45, 7) is 0. The van der Waals surface area contributed by atoms with Gasteiger partial charge in [0.15, 0.2) is 0 Å². The van der Waals surface area contributed by atoms with E-state index in [1.165, 1.54) is 12.1 Å². The Morgan fingerprint density at radius 2 is 1.20 bits per heavy atom. The van der Waals surface area contributed by atoms with Gasteiger partial charge in [-0.1, -0.05) is 0 Å². The maximum absolute atomic E-state index is 10.7. The van der Waals surface area contributed by atoms with E-state index >= 15 is 0 Å². The van der Waals surface area contributed by atoms with E-state index in [4.69, 9.17) is 10.2 Å². The molecule has 76 valence electrons. The molecule has 0 unspecified atom stereocenters. The van der Waals surface area contributed by atoms with Crippen LogP contribution in [0.1, 0.15) is 20.7 Å². The normalized spacial score (nSPS) is 9.20. The molecule has 0 aliphatic carbocycles. The van der Waals surface area contributed by atoms with Crippen molar-refractivity contribution in [3.8, 4) is 0 Å². The molecule has 0 radical (unpaired) electrons. The van der Waals surface area contributed by atoms with Gasteiger partial charge >= 0.3 is 63.3 Å². The fraction of sp³-hybridized carbons (Fsp3) is 0. The number of carbonyl (C=O) groups is 2. The SMILES string of the molecule is O=C(O)c1cc(Br)c(Br)cc1C(=O)O.[KH]. The van der Waals surface area contributed by atoms with Crippen molar-refractivity contribution in [1.29, 1.82) is 0 Å². The van der Waals surface area contributed by atoms with E-state index in [1.54, 1.807) is 0 Å². The second kappa shape index (κ2) is 6.48. The molecule has 0 aromatic heterocycles. The summed E-state index contributed by atoms with van der Waals surface area (Å²) in [5.41, 5.74) is -0.486. The zero-order chi connectivity index (χ0) is 10.9. The quantitative estimate of drug-likeness (QED) is 0.787. The zero-order valence-corrected chi connectivity index (χ0v) is 9.79. The monoisotopic (exact) mass is 362 g/mol. The Hall–Kier alpha value is 0.756. The van der Waals surface area contributed by atoms with Gasteiger partial charge < -0.3 is 10.2 Å². The molecule has 0 fully saturated rings. The summed E-state index contributed by atoms with van der Waals surface area (Å²) in [5.74, 6) is -2.54. The Morgan fingerprint density at radius 1 is 0.933 bits per heavy atom. The first kappa shape index (κ1) is 15.8. The first-order chi connectivity index (χ1) is 6.43. The molecule has 1 rings (SSSR count). The fourth-order valence-corrected chi connectivity index (χ4v) is 1.59. The molecule has 15 heavy (non-hydrogen) atoms. The third-order valence-electron chi connectivity index (χ3n) is 1.52. The first-order valence-corrected chi connectivity index (χ1v) is 4.97. The standard InChI is InChI=1S/C8H4Br2O4.K.H/c9-5-1-3(7(11)12)4(8(13)14)2-6(5)10;;/h1-2H,(H,11,12)(H,13,14);;. The van der Waals surface area contributed by atoms with Gasteiger partial charge in [0.1, 0.15) is 0 Å². The molecule has 1 aromatic carbocycles. The van der Waals surface area contributed by atoms with E-state index in [0.717, 1.165) is 0 Å². The summed E-state index contributed by atoms with van der Waals surface area (Å²) < 4.78 is 1.000. The molecule has 7 heteroatoms. The van der Waals surface area contributed by atoms with Crippen LogP contribution in [0.3, 0.4) is 0 Å². The topological polar surface area (TPSA) is 74.6 Å². The fourth-order valence-electron chi connectivity index (χ4n) is 0.901. The number of hydrogen-bond donors (Lipinski definition) is 2. The molecular formula is C8H5Br2KO4. The van der Waals surface area contributed by atoms with Gasteiger partial charge in [0.2, 0.25) is 0 Å². The van der Waals surface area contributed by atoms with Crippen LogP contribution < -0.4 is 0 Å². The van der Waals surface area contributed by atoms with Crippen LogP contribution in [-0.2, 0) is 0 Å². The third kappa shape index (κ3) is 3.92. The number of halogens is 2. The van der Waals surface area contributed by atoms with Crippen molar-refractivity contribution in [2.45, 2.75) is 0 Å². The van der Waals surface area contributed by atoms with Gasteiger partial charge in [0.05, 0.1) is 11.1 Å². The molecule has 0 atom stereocenters. The Bertz CT molecular complexity index is 380. The average molecular weight is 364 g/mol. The number of carboxylic acids is 2. The molecule has 0 saturated carbocycles. The molecule has 0 aliphatic rings. The van der Waals surface area contributed by atoms with E-state index in [0.29, 0.717) is 8.95 Å². The van der Waals surface area contributed by atoms with Crippen molar-refractivity contribution in [2.24, 2.45) is 0 Å². The van der Waals surface area contributed by atoms with Crippen molar-refractivity contribution in [3.05, 3.63) is 32.2 Å². The van der Waals surface area contributed by atoms with Gasteiger partial charge in [0.25, 0.3) is 0 Å². The predicted molar refractivity (Wildman–Crippen MR) is 62.9 cm³/mol. The van der Waals surface area contributed by atoms with E-state index in [9.17, 15) is 9.59 Å². The van der Waals surface area contributed by atoms with E-state index < -0.39 is 11.9 Å². The summed E-state index contributed by atoms with van der Waals surface area (Å²) in [6.07, 6.45) is 0. The summed E-state index contributed by atoms with van der Waals surface area (Å²) in [4.78, 5) is 21.4. The van der Waals surface area contributed by atoms with Crippen molar-refractivity contribution >= 4 is 95.2 Å². The number of benzene rings is 1. The van der Waals surface area contributed by atoms with Crippen molar-refractivity contribution < 1.29 is 19.8 Å². The minimum absolute atomic E-state index is 0. The number of hydrogen-bond acceptors (Lipinski definition) is 2. The number of carboxylic acid groups (broad SMARTS) is 2. The molecule has 1 aromatic rings. The van der Waals surface area contributed by atoms with Crippen LogP contribution in [0.25, 0.3) is 0 Å². The first-order valence-electron chi connectivity index (χ1n) is 3.39. The molecule has 0 spiro atoms. The van der Waals surface area contributed by atoms with Gasteiger partial charge in [0, 0.05) is 8.95 Å². The van der Waals surface area contributed by atoms with Gasteiger partial charge in [-0.15, -0.1) is 0 Å². The van der Waals surface area contributed by atoms with Crippen molar-refractivity contribution in [1.82, 2.24) is 0 Å². The third-order valence-corrected chi connectivity index (χ3v) is 3.37. The second-order valence-electron chi connectivity index (χ2n) is 2.42. The molecular weight excluding hydrogens is 359 g/mol. The number of aromatic carboxylic acids is 2. The van der Waals surface area contributed by atoms with Crippen LogP contribution >= 0.6 is 31.9 Å². The summed E-state index contributed by atoms with van der Waals surface area (Å²) in [5, 5.41) is 17.5. The Balaban J connectivity index is 0.00000196. The van der Waals surface area contributed by atoms with Crippen LogP contribution in [0.2, 0.25) is 0 Å². The minimum atomic E-state index is -1.27. The van der Waals surface area contributed by atoms with Gasteiger partial charge in [-0.2, -0.15) is 0 Å². The Labute approximate surface area is 145 Å². The summed E-state index contributed by atoms with van der Waals surface area (Å²) in [6, 6.07) is 2.49.